The van der Waals surface area contributed by atoms with Crippen LogP contribution in [0.25, 0.3) is 5.78 Å². The van der Waals surface area contributed by atoms with Crippen molar-refractivity contribution in [2.24, 2.45) is 0 Å². The van der Waals surface area contributed by atoms with Gasteiger partial charge in [-0.2, -0.15) is 13.2 Å². The number of amides is 1. The molecule has 0 spiro atoms. The van der Waals surface area contributed by atoms with E-state index in [0.717, 1.165) is 30.0 Å². The highest BCUT2D eigenvalue weighted by Gasteiger charge is 2.31. The van der Waals surface area contributed by atoms with Crippen molar-refractivity contribution >= 4 is 40.7 Å². The molecule has 0 aliphatic carbocycles. The molecule has 0 unspecified atom stereocenters. The molecular formula is C15H11ClF3N5O2S. The second-order valence-corrected chi connectivity index (χ2v) is 6.80. The van der Waals surface area contributed by atoms with Crippen LogP contribution in [0.1, 0.15) is 11.3 Å². The normalized spacial score (nSPS) is 11.7. The van der Waals surface area contributed by atoms with Gasteiger partial charge < -0.3 is 5.32 Å². The number of carbonyl (C=O) groups is 1. The van der Waals surface area contributed by atoms with Gasteiger partial charge in [0.2, 0.25) is 11.7 Å². The summed E-state index contributed by atoms with van der Waals surface area (Å²) in [6.07, 6.45) is -4.55. The van der Waals surface area contributed by atoms with Crippen LogP contribution < -0.4 is 10.9 Å². The summed E-state index contributed by atoms with van der Waals surface area (Å²) in [6.45, 7) is 1.68. The molecule has 2 N–H and O–H groups in total. The number of nitrogens with zero attached hydrogens (tertiary/aromatic N) is 3. The number of thioether (sulfide) groups is 1. The number of nitrogens with one attached hydrogen (secondary N) is 2. The van der Waals surface area contributed by atoms with Crippen molar-refractivity contribution in [3.05, 3.63) is 50.9 Å². The van der Waals surface area contributed by atoms with Gasteiger partial charge in [-0.25, -0.2) is 0 Å². The van der Waals surface area contributed by atoms with Gasteiger partial charge in [0.25, 0.3) is 5.56 Å². The molecule has 0 saturated carbocycles. The van der Waals surface area contributed by atoms with Crippen LogP contribution in [0, 0.1) is 6.92 Å². The molecule has 0 aliphatic rings. The molecule has 27 heavy (non-hydrogen) atoms. The molecule has 2 aromatic heterocycles. The standard InChI is InChI=1S/C15H11ClF3N5O2S/c1-7-4-11(25)21-13-22-23-14(24(7)13)27-6-12(26)20-10-5-8(15(17,18)19)2-3-9(10)16/h2-5H,6H2,1H3,(H,20,26)(H,21,22,25). The first kappa shape index (κ1) is 19.2. The van der Waals surface area contributed by atoms with Crippen LogP contribution >= 0.6 is 23.4 Å². The summed E-state index contributed by atoms with van der Waals surface area (Å²) in [5, 5.41) is 10.4. The van der Waals surface area contributed by atoms with Gasteiger partial charge in [-0.05, 0) is 25.1 Å². The largest absolute Gasteiger partial charge is 0.416 e. The predicted molar refractivity (Wildman–Crippen MR) is 94.2 cm³/mol. The van der Waals surface area contributed by atoms with E-state index in [2.05, 4.69) is 20.5 Å². The summed E-state index contributed by atoms with van der Waals surface area (Å²) in [7, 11) is 0. The number of halogens is 4. The van der Waals surface area contributed by atoms with E-state index in [0.29, 0.717) is 10.9 Å². The fourth-order valence-corrected chi connectivity index (χ4v) is 3.23. The lowest BCUT2D eigenvalue weighted by Gasteiger charge is -2.11. The second kappa shape index (κ2) is 7.24. The molecular weight excluding hydrogens is 407 g/mol. The Bertz CT molecular complexity index is 1080. The molecule has 3 rings (SSSR count). The zero-order valence-electron chi connectivity index (χ0n) is 13.6. The number of hydrogen-bond donors (Lipinski definition) is 2. The Hall–Kier alpha value is -2.53. The smallest absolute Gasteiger partial charge is 0.324 e. The number of hydrogen-bond acceptors (Lipinski definition) is 5. The van der Waals surface area contributed by atoms with Crippen LogP contribution in [0.5, 0.6) is 0 Å². The van der Waals surface area contributed by atoms with E-state index in [-0.39, 0.29) is 27.8 Å². The Morgan fingerprint density at radius 1 is 1.33 bits per heavy atom. The molecule has 0 aliphatic heterocycles. The van der Waals surface area contributed by atoms with Crippen LogP contribution in [0.2, 0.25) is 5.02 Å². The Morgan fingerprint density at radius 2 is 2.07 bits per heavy atom. The summed E-state index contributed by atoms with van der Waals surface area (Å²) in [4.78, 5) is 26.0. The van der Waals surface area contributed by atoms with Crippen molar-refractivity contribution in [2.45, 2.75) is 18.3 Å². The number of aryl methyl sites for hydroxylation is 1. The highest BCUT2D eigenvalue weighted by molar-refractivity contribution is 7.99. The highest BCUT2D eigenvalue weighted by Crippen LogP contribution is 2.33. The van der Waals surface area contributed by atoms with E-state index in [1.54, 1.807) is 11.3 Å². The molecule has 0 fully saturated rings. The lowest BCUT2D eigenvalue weighted by Crippen LogP contribution is -2.16. The van der Waals surface area contributed by atoms with E-state index >= 15 is 0 Å². The summed E-state index contributed by atoms with van der Waals surface area (Å²) in [5.74, 6) is -0.491. The molecule has 142 valence electrons. The number of carbonyl (C=O) groups excluding carboxylic acids is 1. The fourth-order valence-electron chi connectivity index (χ4n) is 2.28. The molecule has 0 saturated heterocycles. The highest BCUT2D eigenvalue weighted by atomic mass is 35.5. The van der Waals surface area contributed by atoms with Crippen molar-refractivity contribution < 1.29 is 18.0 Å². The minimum absolute atomic E-state index is 0.0114. The van der Waals surface area contributed by atoms with E-state index in [4.69, 9.17) is 11.6 Å². The van der Waals surface area contributed by atoms with Crippen LogP contribution in [0.15, 0.2) is 34.2 Å². The van der Waals surface area contributed by atoms with Gasteiger partial charge in [-0.1, -0.05) is 23.4 Å². The Kier molecular flexibility index (Phi) is 5.16. The minimum Gasteiger partial charge on any atom is -0.324 e. The van der Waals surface area contributed by atoms with E-state index in [9.17, 15) is 22.8 Å². The van der Waals surface area contributed by atoms with Crippen molar-refractivity contribution in [3.63, 3.8) is 0 Å². The predicted octanol–water partition coefficient (Wildman–Crippen LogP) is 3.13. The number of aromatic amines is 1. The molecule has 7 nitrogen and oxygen atoms in total. The quantitative estimate of drug-likeness (QED) is 0.636. The monoisotopic (exact) mass is 417 g/mol. The molecule has 1 aromatic carbocycles. The number of benzene rings is 1. The average molecular weight is 418 g/mol. The Morgan fingerprint density at radius 3 is 2.78 bits per heavy atom. The fraction of sp³-hybridized carbons (Fsp3) is 0.200. The number of fused-ring (bicyclic) bond motifs is 1. The third-order valence-electron chi connectivity index (χ3n) is 3.46. The SMILES string of the molecule is Cc1cc(=O)[nH]c2nnc(SCC(=O)Nc3cc(C(F)(F)F)ccc3Cl)n12. The zero-order chi connectivity index (χ0) is 19.8. The second-order valence-electron chi connectivity index (χ2n) is 5.45. The van der Waals surface area contributed by atoms with E-state index < -0.39 is 17.6 Å². The number of rotatable bonds is 4. The molecule has 1 amide bonds. The summed E-state index contributed by atoms with van der Waals surface area (Å²) in [5.41, 5.74) is -0.815. The third-order valence-corrected chi connectivity index (χ3v) is 4.72. The van der Waals surface area contributed by atoms with Crippen LogP contribution in [0.4, 0.5) is 18.9 Å². The lowest BCUT2D eigenvalue weighted by atomic mass is 10.2. The number of H-pyrrole nitrogens is 1. The van der Waals surface area contributed by atoms with Crippen molar-refractivity contribution in [2.75, 3.05) is 11.1 Å². The van der Waals surface area contributed by atoms with Crippen LogP contribution in [-0.4, -0.2) is 31.2 Å². The Labute approximate surface area is 158 Å². The first-order valence-electron chi connectivity index (χ1n) is 7.39. The summed E-state index contributed by atoms with van der Waals surface area (Å²) in [6, 6.07) is 4.02. The minimum atomic E-state index is -4.55. The third kappa shape index (κ3) is 4.25. The summed E-state index contributed by atoms with van der Waals surface area (Å²) < 4.78 is 39.9. The molecule has 0 atom stereocenters. The van der Waals surface area contributed by atoms with Gasteiger partial charge in [-0.15, -0.1) is 10.2 Å². The van der Waals surface area contributed by atoms with E-state index in [1.165, 1.54) is 6.07 Å². The van der Waals surface area contributed by atoms with Crippen LogP contribution in [0.3, 0.4) is 0 Å². The van der Waals surface area contributed by atoms with Gasteiger partial charge in [-0.3, -0.25) is 19.0 Å². The van der Waals surface area contributed by atoms with Gasteiger partial charge in [0.1, 0.15) is 0 Å². The van der Waals surface area contributed by atoms with Crippen molar-refractivity contribution in [1.82, 2.24) is 19.6 Å². The van der Waals surface area contributed by atoms with Gasteiger partial charge in [0, 0.05) is 11.8 Å². The van der Waals surface area contributed by atoms with Crippen molar-refractivity contribution in [1.29, 1.82) is 0 Å². The van der Waals surface area contributed by atoms with Gasteiger partial charge >= 0.3 is 6.18 Å². The maximum atomic E-state index is 12.8. The number of alkyl halides is 3. The van der Waals surface area contributed by atoms with Gasteiger partial charge in [0.05, 0.1) is 22.0 Å². The maximum absolute atomic E-state index is 12.8. The van der Waals surface area contributed by atoms with Crippen molar-refractivity contribution in [3.8, 4) is 0 Å². The average Bonchev–Trinajstić information content (AvgIpc) is 2.97. The molecule has 3 aromatic rings. The van der Waals surface area contributed by atoms with Crippen LogP contribution in [-0.2, 0) is 11.0 Å². The number of anilines is 1. The zero-order valence-corrected chi connectivity index (χ0v) is 15.2. The first-order valence-corrected chi connectivity index (χ1v) is 8.76. The first-order chi connectivity index (χ1) is 12.6. The molecule has 0 radical (unpaired) electrons. The van der Waals surface area contributed by atoms with E-state index in [1.807, 2.05) is 0 Å². The lowest BCUT2D eigenvalue weighted by molar-refractivity contribution is -0.137. The summed E-state index contributed by atoms with van der Waals surface area (Å²) >= 11 is 6.86. The molecule has 12 heteroatoms. The van der Waals surface area contributed by atoms with Gasteiger partial charge in [0.15, 0.2) is 5.16 Å². The maximum Gasteiger partial charge on any atom is 0.416 e. The number of aromatic nitrogens is 4. The topological polar surface area (TPSA) is 92.2 Å². The molecule has 2 heterocycles. The Balaban J connectivity index is 1.73. The molecule has 0 bridgehead atoms.